The number of hydrogen-bond donors (Lipinski definition) is 3. The van der Waals surface area contributed by atoms with Crippen LogP contribution in [0.3, 0.4) is 0 Å². The Balaban J connectivity index is 6.82. The maximum absolute atomic E-state index is 13.7. The third-order valence-electron chi connectivity index (χ3n) is 3.65. The van der Waals surface area contributed by atoms with Gasteiger partial charge in [0.25, 0.3) is 10.0 Å². The molecule has 1 unspecified atom stereocenters. The molecule has 0 aliphatic rings. The third-order valence-corrected chi connectivity index (χ3v) is 5.81. The van der Waals surface area contributed by atoms with E-state index in [-0.39, 0.29) is 11.6 Å². The summed E-state index contributed by atoms with van der Waals surface area (Å²) < 4.78 is 259. The molecule has 0 amide bonds. The van der Waals surface area contributed by atoms with Crippen LogP contribution in [0, 0.1) is 0 Å². The second-order valence-corrected chi connectivity index (χ2v) is 9.27. The van der Waals surface area contributed by atoms with Gasteiger partial charge in [-0.2, -0.15) is 79.4 Å². The Kier molecular flexibility index (Phi) is 8.66. The predicted octanol–water partition coefficient (Wildman–Crippen LogP) is 4.33. The Morgan fingerprint density at radius 1 is 0.639 bits per heavy atom. The lowest BCUT2D eigenvalue weighted by atomic mass is 9.91. The Bertz CT molecular complexity index is 973. The zero-order chi connectivity index (χ0) is 30.0. The van der Waals surface area contributed by atoms with Crippen molar-refractivity contribution in [3.8, 4) is 0 Å². The molecule has 7 nitrogen and oxygen atoms in total. The second kappa shape index (κ2) is 8.95. The van der Waals surface area contributed by atoms with Crippen LogP contribution in [-0.2, 0) is 19.1 Å². The number of nitrogens with one attached hydrogen (secondary N) is 1. The van der Waals surface area contributed by atoms with Crippen molar-refractivity contribution in [1.29, 1.82) is 0 Å². The lowest BCUT2D eigenvalue weighted by Crippen LogP contribution is -2.75. The summed E-state index contributed by atoms with van der Waals surface area (Å²) in [6, 6.07) is 0. The van der Waals surface area contributed by atoms with Gasteiger partial charge in [-0.1, -0.05) is 0 Å². The third kappa shape index (κ3) is 5.09. The number of phosphoric acid groups is 1. The van der Waals surface area contributed by atoms with Crippen molar-refractivity contribution in [2.24, 2.45) is 0 Å². The molecule has 0 fully saturated rings. The monoisotopic (exact) mass is 623 g/mol. The fourth-order valence-electron chi connectivity index (χ4n) is 1.84. The van der Waals surface area contributed by atoms with E-state index in [9.17, 15) is 87.6 Å². The van der Waals surface area contributed by atoms with Crippen molar-refractivity contribution < 1.29 is 102 Å². The van der Waals surface area contributed by atoms with E-state index in [1.54, 1.807) is 0 Å². The molecular weight excluding hydrogens is 616 g/mol. The number of alkyl halides is 17. The molecule has 0 bridgehead atoms. The van der Waals surface area contributed by atoms with Gasteiger partial charge in [0.1, 0.15) is 6.23 Å². The van der Waals surface area contributed by atoms with Gasteiger partial charge in [-0.05, 0) is 6.92 Å². The summed E-state index contributed by atoms with van der Waals surface area (Å²) in [5, 5.41) is -7.88. The molecule has 0 aliphatic carbocycles. The van der Waals surface area contributed by atoms with Crippen LogP contribution in [0.1, 0.15) is 6.92 Å². The minimum Gasteiger partial charge on any atom is -0.303 e. The van der Waals surface area contributed by atoms with Gasteiger partial charge < -0.3 is 9.79 Å². The van der Waals surface area contributed by atoms with E-state index in [1.807, 2.05) is 0 Å². The molecule has 218 valence electrons. The predicted molar refractivity (Wildman–Crippen MR) is 75.3 cm³/mol. The summed E-state index contributed by atoms with van der Waals surface area (Å²) in [5.41, 5.74) is 0. The van der Waals surface area contributed by atoms with Crippen LogP contribution in [-0.4, -0.2) is 71.4 Å². The molecule has 0 aromatic heterocycles. The number of hydrogen-bond acceptors (Lipinski definition) is 4. The van der Waals surface area contributed by atoms with E-state index >= 15 is 0 Å². The van der Waals surface area contributed by atoms with Crippen molar-refractivity contribution in [3.05, 3.63) is 0 Å². The molecule has 1 atom stereocenters. The van der Waals surface area contributed by atoms with Crippen LogP contribution in [0.25, 0.3) is 0 Å². The molecule has 0 radical (unpaired) electrons. The van der Waals surface area contributed by atoms with Gasteiger partial charge in [0.05, 0.1) is 0 Å². The number of halogens is 17. The smallest absolute Gasteiger partial charge is 0.303 e. The molecule has 0 aromatic carbocycles. The van der Waals surface area contributed by atoms with Gasteiger partial charge in [-0.25, -0.2) is 13.0 Å². The van der Waals surface area contributed by atoms with Gasteiger partial charge in [0, 0.05) is 0 Å². The first-order chi connectivity index (χ1) is 15.1. The van der Waals surface area contributed by atoms with Crippen molar-refractivity contribution in [1.82, 2.24) is 4.72 Å². The summed E-state index contributed by atoms with van der Waals surface area (Å²) in [6.45, 7) is -0.0501. The Morgan fingerprint density at radius 2 is 0.917 bits per heavy atom. The van der Waals surface area contributed by atoms with E-state index in [0.717, 1.165) is 0 Å². The van der Waals surface area contributed by atoms with Crippen molar-refractivity contribution in [3.63, 3.8) is 0 Å². The lowest BCUT2D eigenvalue weighted by Gasteiger charge is -2.42. The maximum atomic E-state index is 13.7. The highest BCUT2D eigenvalue weighted by Crippen LogP contribution is 2.64. The van der Waals surface area contributed by atoms with Crippen LogP contribution in [0.4, 0.5) is 74.6 Å². The minimum absolute atomic E-state index is 0.0501. The Labute approximate surface area is 185 Å². The first kappa shape index (κ1) is 34.8. The van der Waals surface area contributed by atoms with Crippen molar-refractivity contribution in [2.45, 2.75) is 60.1 Å². The highest BCUT2D eigenvalue weighted by molar-refractivity contribution is 7.90. The van der Waals surface area contributed by atoms with E-state index in [2.05, 4.69) is 4.52 Å². The van der Waals surface area contributed by atoms with Gasteiger partial charge in [0.2, 0.25) is 0 Å². The number of phosphoric ester groups is 1. The van der Waals surface area contributed by atoms with E-state index < -0.39 is 71.0 Å². The maximum Gasteiger partial charge on any atom is 0.471 e. The average Bonchev–Trinajstić information content (AvgIpc) is 2.57. The fraction of sp³-hybridized carbons (Fsp3) is 1.00. The van der Waals surface area contributed by atoms with Crippen LogP contribution < -0.4 is 4.72 Å². The molecule has 0 saturated carbocycles. The summed E-state index contributed by atoms with van der Waals surface area (Å²) in [4.78, 5) is 16.6. The van der Waals surface area contributed by atoms with E-state index in [4.69, 9.17) is 9.79 Å². The molecule has 0 saturated heterocycles. The van der Waals surface area contributed by atoms with Crippen LogP contribution in [0.2, 0.25) is 0 Å². The lowest BCUT2D eigenvalue weighted by molar-refractivity contribution is -0.458. The number of rotatable bonds is 11. The zero-order valence-electron chi connectivity index (χ0n) is 15.9. The second-order valence-electron chi connectivity index (χ2n) is 6.32. The minimum atomic E-state index is -8.99. The van der Waals surface area contributed by atoms with Gasteiger partial charge in [-0.15, -0.1) is 0 Å². The highest BCUT2D eigenvalue weighted by atomic mass is 32.2. The largest absolute Gasteiger partial charge is 0.471 e. The fourth-order valence-corrected chi connectivity index (χ4v) is 3.47. The molecule has 0 heterocycles. The normalized spacial score (nSPS) is 17.3. The van der Waals surface area contributed by atoms with Gasteiger partial charge in [0.15, 0.2) is 0 Å². The van der Waals surface area contributed by atoms with E-state index in [1.165, 1.54) is 0 Å². The Hall–Kier alpha value is -1.17. The first-order valence-corrected chi connectivity index (χ1v) is 10.6. The molecule has 0 aliphatic heterocycles. The Morgan fingerprint density at radius 3 is 1.19 bits per heavy atom. The van der Waals surface area contributed by atoms with Gasteiger partial charge in [-0.3, -0.25) is 4.52 Å². The molecule has 26 heteroatoms. The van der Waals surface area contributed by atoms with E-state index in [0.29, 0.717) is 0 Å². The van der Waals surface area contributed by atoms with Crippen molar-refractivity contribution in [2.75, 3.05) is 0 Å². The van der Waals surface area contributed by atoms with Gasteiger partial charge >= 0.3 is 54.8 Å². The SMILES string of the molecule is CC(NS(=O)(=O)C(F)(F)C(F)(F)C(F)(F)C(F)(F)C(F)(F)C(F)(F)C(F)(F)C(F)(F)F)OP(=O)(O)O. The summed E-state index contributed by atoms with van der Waals surface area (Å²) in [5.74, 6) is -52.5. The molecule has 36 heavy (non-hydrogen) atoms. The zero-order valence-corrected chi connectivity index (χ0v) is 17.6. The standard InChI is InChI=1S/C10H7F17NO6PS/c1-2(34-35(29,30)31)28-36(32,33)10(26,27)8(21,22)6(17,18)4(13,14)3(11,12)5(15,16)7(19,20)9(23,24)25/h2,28H,1H3,(H2,29,30,31). The molecular formula is C10H7F17NO6PS. The molecule has 3 N–H and O–H groups in total. The highest BCUT2D eigenvalue weighted by Gasteiger charge is 2.96. The number of sulfonamides is 1. The molecule has 0 rings (SSSR count). The molecule has 0 spiro atoms. The van der Waals surface area contributed by atoms with Crippen LogP contribution >= 0.6 is 7.82 Å². The first-order valence-electron chi connectivity index (χ1n) is 7.57. The van der Waals surface area contributed by atoms with Crippen LogP contribution in [0.5, 0.6) is 0 Å². The summed E-state index contributed by atoms with van der Waals surface area (Å²) in [6.07, 6.45) is -11.1. The summed E-state index contributed by atoms with van der Waals surface area (Å²) >= 11 is 0. The summed E-state index contributed by atoms with van der Waals surface area (Å²) in [7, 11) is -13.6. The topological polar surface area (TPSA) is 113 Å². The average molecular weight is 623 g/mol. The van der Waals surface area contributed by atoms with Crippen molar-refractivity contribution >= 4 is 17.8 Å². The molecule has 0 aromatic rings. The quantitative estimate of drug-likeness (QED) is 0.180. The van der Waals surface area contributed by atoms with Crippen LogP contribution in [0.15, 0.2) is 0 Å².